The number of nitrogens with one attached hydrogen (secondary N) is 2. The topological polar surface area (TPSA) is 132 Å². The van der Waals surface area contributed by atoms with Crippen LogP contribution in [-0.2, 0) is 6.18 Å². The van der Waals surface area contributed by atoms with E-state index in [1.54, 1.807) is 24.3 Å². The molecule has 0 radical (unpaired) electrons. The summed E-state index contributed by atoms with van der Waals surface area (Å²) in [6, 6.07) is 10.9. The van der Waals surface area contributed by atoms with Gasteiger partial charge in [-0.3, -0.25) is 19.3 Å². The maximum atomic E-state index is 13.3. The Hall–Kier alpha value is -4.58. The fourth-order valence-corrected chi connectivity index (χ4v) is 3.63. The van der Waals surface area contributed by atoms with Crippen molar-refractivity contribution in [2.24, 2.45) is 5.84 Å². The van der Waals surface area contributed by atoms with Crippen LogP contribution in [0.4, 0.5) is 19.0 Å². The molecule has 4 N–H and O–H groups in total. The zero-order chi connectivity index (χ0) is 24.0. The molecule has 5 aromatic rings. The Labute approximate surface area is 187 Å². The van der Waals surface area contributed by atoms with Crippen LogP contribution in [0.5, 0.6) is 0 Å². The van der Waals surface area contributed by atoms with Gasteiger partial charge in [0.2, 0.25) is 0 Å². The lowest BCUT2D eigenvalue weighted by molar-refractivity contribution is -0.137. The highest BCUT2D eigenvalue weighted by atomic mass is 19.4. The minimum atomic E-state index is -4.62. The second-order valence-electron chi connectivity index (χ2n) is 7.30. The number of aromatic amines is 1. The number of H-pyrrole nitrogens is 1. The summed E-state index contributed by atoms with van der Waals surface area (Å²) in [5.74, 6) is 5.77. The number of nitrogen functional groups attached to an aromatic ring is 1. The number of nitrogens with zero attached hydrogens (tertiary/aromatic N) is 4. The van der Waals surface area contributed by atoms with Gasteiger partial charge in [0.25, 0.3) is 5.56 Å². The lowest BCUT2D eigenvalue weighted by Crippen LogP contribution is -2.29. The third-order valence-corrected chi connectivity index (χ3v) is 5.22. The quantitative estimate of drug-likeness (QED) is 0.212. The van der Waals surface area contributed by atoms with Crippen molar-refractivity contribution in [2.45, 2.75) is 6.18 Å². The number of hydrogen-bond donors (Lipinski definition) is 3. The van der Waals surface area contributed by atoms with E-state index in [9.17, 15) is 22.8 Å². The fourth-order valence-electron chi connectivity index (χ4n) is 3.63. The van der Waals surface area contributed by atoms with Gasteiger partial charge in [-0.15, -0.1) is 0 Å². The molecule has 0 aliphatic carbocycles. The summed E-state index contributed by atoms with van der Waals surface area (Å²) in [6.45, 7) is 0. The Balaban J connectivity index is 1.85. The van der Waals surface area contributed by atoms with Crippen molar-refractivity contribution >= 4 is 27.8 Å². The van der Waals surface area contributed by atoms with Crippen LogP contribution in [0.1, 0.15) is 5.56 Å². The lowest BCUT2D eigenvalue weighted by atomic mass is 10.1. The van der Waals surface area contributed by atoms with Crippen molar-refractivity contribution in [3.63, 3.8) is 0 Å². The number of hydrazine groups is 1. The van der Waals surface area contributed by atoms with Gasteiger partial charge in [-0.1, -0.05) is 6.07 Å². The van der Waals surface area contributed by atoms with Crippen molar-refractivity contribution in [2.75, 3.05) is 5.43 Å². The molecule has 34 heavy (non-hydrogen) atoms. The molecule has 0 spiro atoms. The predicted molar refractivity (Wildman–Crippen MR) is 119 cm³/mol. The smallest absolute Gasteiger partial charge is 0.308 e. The molecule has 170 valence electrons. The van der Waals surface area contributed by atoms with Crippen molar-refractivity contribution in [3.05, 3.63) is 87.3 Å². The summed E-state index contributed by atoms with van der Waals surface area (Å²) in [7, 11) is 0. The maximum absolute atomic E-state index is 13.3. The normalized spacial score (nSPS) is 11.8. The van der Waals surface area contributed by atoms with Gasteiger partial charge in [-0.05, 0) is 42.5 Å². The molecule has 12 heteroatoms. The molecule has 4 heterocycles. The molecule has 0 aliphatic heterocycles. The Morgan fingerprint density at radius 3 is 2.53 bits per heavy atom. The molecular formula is C22H14F3N7O2. The average Bonchev–Trinajstić information content (AvgIpc) is 2.83. The molecule has 0 bridgehead atoms. The first-order valence-electron chi connectivity index (χ1n) is 9.82. The Morgan fingerprint density at radius 1 is 1.00 bits per heavy atom. The molecule has 4 aromatic heterocycles. The first-order chi connectivity index (χ1) is 16.3. The molecule has 0 aliphatic rings. The molecule has 0 fully saturated rings. The predicted octanol–water partition coefficient (Wildman–Crippen LogP) is 2.99. The van der Waals surface area contributed by atoms with Gasteiger partial charge in [0.05, 0.1) is 33.4 Å². The summed E-state index contributed by atoms with van der Waals surface area (Å²) < 4.78 is 41.0. The van der Waals surface area contributed by atoms with E-state index >= 15 is 0 Å². The second-order valence-corrected chi connectivity index (χ2v) is 7.30. The van der Waals surface area contributed by atoms with E-state index in [4.69, 9.17) is 5.84 Å². The molecule has 0 saturated carbocycles. The number of alkyl halides is 3. The van der Waals surface area contributed by atoms with Crippen LogP contribution < -0.4 is 22.5 Å². The first-order valence-corrected chi connectivity index (χ1v) is 9.82. The number of aromatic nitrogens is 5. The van der Waals surface area contributed by atoms with Crippen LogP contribution in [0.2, 0.25) is 0 Å². The maximum Gasteiger partial charge on any atom is 0.416 e. The molecule has 0 atom stereocenters. The highest BCUT2D eigenvalue weighted by Gasteiger charge is 2.31. The van der Waals surface area contributed by atoms with Crippen molar-refractivity contribution in [1.29, 1.82) is 0 Å². The number of anilines is 1. The van der Waals surface area contributed by atoms with Crippen molar-refractivity contribution in [1.82, 2.24) is 24.5 Å². The van der Waals surface area contributed by atoms with Crippen LogP contribution in [0, 0.1) is 0 Å². The Kier molecular flexibility index (Phi) is 4.87. The molecule has 0 amide bonds. The average molecular weight is 465 g/mol. The number of halogens is 3. The zero-order valence-corrected chi connectivity index (χ0v) is 17.1. The van der Waals surface area contributed by atoms with Gasteiger partial charge in [0.15, 0.2) is 0 Å². The van der Waals surface area contributed by atoms with Crippen molar-refractivity contribution in [3.8, 4) is 16.9 Å². The number of pyridine rings is 3. The Bertz CT molecular complexity index is 1680. The van der Waals surface area contributed by atoms with Crippen LogP contribution in [0.25, 0.3) is 38.9 Å². The van der Waals surface area contributed by atoms with Gasteiger partial charge in [-0.2, -0.15) is 13.2 Å². The van der Waals surface area contributed by atoms with Gasteiger partial charge >= 0.3 is 11.9 Å². The number of fused-ring (bicyclic) bond motifs is 3. The van der Waals surface area contributed by atoms with E-state index in [0.717, 1.165) is 16.7 Å². The largest absolute Gasteiger partial charge is 0.416 e. The van der Waals surface area contributed by atoms with Gasteiger partial charge < -0.3 is 5.43 Å². The third-order valence-electron chi connectivity index (χ3n) is 5.22. The highest BCUT2D eigenvalue weighted by Crippen LogP contribution is 2.31. The minimum Gasteiger partial charge on any atom is -0.308 e. The van der Waals surface area contributed by atoms with Crippen LogP contribution in [0.3, 0.4) is 0 Å². The number of benzene rings is 1. The van der Waals surface area contributed by atoms with E-state index < -0.39 is 23.0 Å². The summed E-state index contributed by atoms with van der Waals surface area (Å²) >= 11 is 0. The molecule has 0 unspecified atom stereocenters. The summed E-state index contributed by atoms with van der Waals surface area (Å²) in [4.78, 5) is 40.4. The zero-order valence-electron chi connectivity index (χ0n) is 17.1. The Morgan fingerprint density at radius 2 is 1.82 bits per heavy atom. The molecular weight excluding hydrogens is 451 g/mol. The van der Waals surface area contributed by atoms with Gasteiger partial charge in [0, 0.05) is 18.0 Å². The second kappa shape index (κ2) is 7.78. The minimum absolute atomic E-state index is 0.00466. The summed E-state index contributed by atoms with van der Waals surface area (Å²) in [6.07, 6.45) is -1.84. The fraction of sp³-hybridized carbons (Fsp3) is 0.0455. The van der Waals surface area contributed by atoms with Gasteiger partial charge in [0.1, 0.15) is 11.3 Å². The molecule has 5 rings (SSSR count). The summed E-state index contributed by atoms with van der Waals surface area (Å²) in [5.41, 5.74) is 1.35. The van der Waals surface area contributed by atoms with Gasteiger partial charge in [-0.25, -0.2) is 20.6 Å². The number of nitrogens with two attached hydrogens (primary N) is 1. The number of hydrogen-bond acceptors (Lipinski definition) is 7. The van der Waals surface area contributed by atoms with Crippen LogP contribution in [-0.4, -0.2) is 24.5 Å². The first kappa shape index (κ1) is 21.3. The van der Waals surface area contributed by atoms with E-state index in [0.29, 0.717) is 22.6 Å². The van der Waals surface area contributed by atoms with Crippen molar-refractivity contribution < 1.29 is 13.2 Å². The molecule has 1 aromatic carbocycles. The van der Waals surface area contributed by atoms with Crippen LogP contribution in [0.15, 0.2) is 70.5 Å². The highest BCUT2D eigenvalue weighted by molar-refractivity contribution is 6.01. The SMILES string of the molecule is NNc1ccc(-c2ccc3ncc4c(=O)[nH]c(=O)n(-c5cccc(C(F)(F)F)c5)c4c3n2)cn1. The van der Waals surface area contributed by atoms with Crippen LogP contribution >= 0.6 is 0 Å². The lowest BCUT2D eigenvalue weighted by Gasteiger charge is -2.14. The van der Waals surface area contributed by atoms with E-state index in [1.165, 1.54) is 24.5 Å². The van der Waals surface area contributed by atoms with E-state index in [2.05, 4.69) is 25.4 Å². The monoisotopic (exact) mass is 465 g/mol. The number of rotatable bonds is 3. The third kappa shape index (κ3) is 3.55. The molecule has 0 saturated heterocycles. The summed E-state index contributed by atoms with van der Waals surface area (Å²) in [5, 5.41) is -0.00466. The standard InChI is InChI=1S/C22H14F3N7O2/c23-22(24,25)12-2-1-3-13(8-12)32-19-14(20(33)30-21(32)34)10-27-16-6-5-15(29-18(16)19)11-4-7-17(31-26)28-9-11/h1-10H,26H2,(H,28,31)(H,30,33,34). The van der Waals surface area contributed by atoms with E-state index in [1.807, 2.05) is 0 Å². The van der Waals surface area contributed by atoms with E-state index in [-0.39, 0.29) is 22.1 Å². The molecule has 9 nitrogen and oxygen atoms in total.